The molecule has 0 spiro atoms. The van der Waals surface area contributed by atoms with E-state index in [0.717, 1.165) is 25.0 Å². The maximum Gasteiger partial charge on any atom is 0.313 e. The molecule has 0 unspecified atom stereocenters. The summed E-state index contributed by atoms with van der Waals surface area (Å²) < 4.78 is 10.3. The molecule has 0 N–H and O–H groups in total. The van der Waals surface area contributed by atoms with E-state index in [4.69, 9.17) is 9.26 Å². The van der Waals surface area contributed by atoms with E-state index in [1.54, 1.807) is 6.07 Å². The predicted molar refractivity (Wildman–Crippen MR) is 76.1 cm³/mol. The lowest BCUT2D eigenvalue weighted by molar-refractivity contribution is -0.142. The number of aryl methyl sites for hydroxylation is 1. The zero-order valence-corrected chi connectivity index (χ0v) is 12.1. The van der Waals surface area contributed by atoms with Crippen LogP contribution in [0.2, 0.25) is 0 Å². The largest absolute Gasteiger partial charge is 0.461 e. The van der Waals surface area contributed by atoms with Gasteiger partial charge in [-0.2, -0.15) is 0 Å². The molecule has 0 fully saturated rings. The first kappa shape index (κ1) is 14.6. The Kier molecular flexibility index (Phi) is 4.77. The fraction of sp³-hybridized carbons (Fsp3) is 0.500. The van der Waals surface area contributed by atoms with Crippen LogP contribution in [0.25, 0.3) is 0 Å². The van der Waals surface area contributed by atoms with Gasteiger partial charge in [0.05, 0.1) is 5.69 Å². The molecule has 1 aliphatic carbocycles. The van der Waals surface area contributed by atoms with Gasteiger partial charge >= 0.3 is 5.97 Å². The third kappa shape index (κ3) is 4.08. The van der Waals surface area contributed by atoms with Gasteiger partial charge in [-0.3, -0.25) is 4.79 Å². The van der Waals surface area contributed by atoms with Gasteiger partial charge in [-0.05, 0) is 44.6 Å². The molecule has 0 bridgehead atoms. The van der Waals surface area contributed by atoms with Crippen molar-refractivity contribution in [3.8, 4) is 0 Å². The molecule has 2 rings (SSSR count). The highest BCUT2D eigenvalue weighted by molar-refractivity contribution is 5.71. The normalized spacial score (nSPS) is 18.5. The lowest BCUT2D eigenvalue weighted by Gasteiger charge is -2.21. The molecule has 108 valence electrons. The average molecular weight is 275 g/mol. The third-order valence-electron chi connectivity index (χ3n) is 3.62. The number of rotatable bonds is 5. The molecule has 1 atom stereocenters. The van der Waals surface area contributed by atoms with Crippen LogP contribution in [0.5, 0.6) is 0 Å². The minimum absolute atomic E-state index is 0.141. The Labute approximate surface area is 119 Å². The van der Waals surface area contributed by atoms with Crippen molar-refractivity contribution in [2.45, 2.75) is 39.5 Å². The summed E-state index contributed by atoms with van der Waals surface area (Å²) in [6.07, 6.45) is 5.40. The molecule has 1 aliphatic rings. The molecule has 0 saturated carbocycles. The highest BCUT2D eigenvalue weighted by atomic mass is 16.5. The molecule has 1 heterocycles. The highest BCUT2D eigenvalue weighted by Crippen LogP contribution is 2.28. The SMILES string of the molecule is C=C(C)[C@@H]1CC=C(COC(=O)Cc2cc(C)no2)CC1. The van der Waals surface area contributed by atoms with Crippen molar-refractivity contribution < 1.29 is 14.1 Å². The fourth-order valence-corrected chi connectivity index (χ4v) is 2.33. The number of carbonyl (C=O) groups excluding carboxylic acids is 1. The minimum Gasteiger partial charge on any atom is -0.461 e. The first-order valence-electron chi connectivity index (χ1n) is 6.95. The van der Waals surface area contributed by atoms with Crippen LogP contribution in [0.4, 0.5) is 0 Å². The Hall–Kier alpha value is -1.84. The molecule has 0 amide bonds. The highest BCUT2D eigenvalue weighted by Gasteiger charge is 2.16. The summed E-state index contributed by atoms with van der Waals surface area (Å²) in [7, 11) is 0. The third-order valence-corrected chi connectivity index (χ3v) is 3.62. The van der Waals surface area contributed by atoms with Crippen molar-refractivity contribution in [1.29, 1.82) is 0 Å². The van der Waals surface area contributed by atoms with E-state index in [2.05, 4.69) is 24.7 Å². The Morgan fingerprint density at radius 2 is 2.40 bits per heavy atom. The summed E-state index contributed by atoms with van der Waals surface area (Å²) in [5.74, 6) is 0.850. The second kappa shape index (κ2) is 6.55. The van der Waals surface area contributed by atoms with Gasteiger partial charge in [-0.15, -0.1) is 0 Å². The first-order valence-corrected chi connectivity index (χ1v) is 6.95. The number of hydrogen-bond donors (Lipinski definition) is 0. The second-order valence-electron chi connectivity index (χ2n) is 5.45. The van der Waals surface area contributed by atoms with Crippen LogP contribution >= 0.6 is 0 Å². The molecule has 1 aromatic rings. The first-order chi connectivity index (χ1) is 9.54. The van der Waals surface area contributed by atoms with Crippen LogP contribution in [0.3, 0.4) is 0 Å². The topological polar surface area (TPSA) is 52.3 Å². The molecule has 0 aliphatic heterocycles. The van der Waals surface area contributed by atoms with Crippen molar-refractivity contribution in [3.05, 3.63) is 41.3 Å². The summed E-state index contributed by atoms with van der Waals surface area (Å²) >= 11 is 0. The fourth-order valence-electron chi connectivity index (χ4n) is 2.33. The standard InChI is InChI=1S/C16H21NO3/c1-11(2)14-6-4-13(5-7-14)10-19-16(18)9-15-8-12(3)17-20-15/h4,8,14H,1,5-7,9-10H2,2-3H3/t14-/m1/s1. The van der Waals surface area contributed by atoms with Gasteiger partial charge in [0.25, 0.3) is 0 Å². The summed E-state index contributed by atoms with van der Waals surface area (Å²) in [5, 5.41) is 3.74. The number of esters is 1. The summed E-state index contributed by atoms with van der Waals surface area (Å²) in [6.45, 7) is 8.27. The summed E-state index contributed by atoms with van der Waals surface area (Å²) in [6, 6.07) is 1.75. The zero-order valence-electron chi connectivity index (χ0n) is 12.1. The summed E-state index contributed by atoms with van der Waals surface area (Å²) in [5.41, 5.74) is 3.20. The van der Waals surface area contributed by atoms with Gasteiger partial charge in [0.1, 0.15) is 18.8 Å². The van der Waals surface area contributed by atoms with Gasteiger partial charge in [0, 0.05) is 6.07 Å². The van der Waals surface area contributed by atoms with Crippen molar-refractivity contribution in [2.24, 2.45) is 5.92 Å². The van der Waals surface area contributed by atoms with E-state index in [9.17, 15) is 4.79 Å². The van der Waals surface area contributed by atoms with Crippen LogP contribution < -0.4 is 0 Å². The van der Waals surface area contributed by atoms with Crippen LogP contribution in [-0.4, -0.2) is 17.7 Å². The molecular formula is C16H21NO3. The Morgan fingerprint density at radius 3 is 2.95 bits per heavy atom. The van der Waals surface area contributed by atoms with Gasteiger partial charge in [0.15, 0.2) is 0 Å². The van der Waals surface area contributed by atoms with Crippen LogP contribution in [0, 0.1) is 12.8 Å². The smallest absolute Gasteiger partial charge is 0.313 e. The maximum atomic E-state index is 11.7. The van der Waals surface area contributed by atoms with Crippen molar-refractivity contribution in [1.82, 2.24) is 5.16 Å². The monoisotopic (exact) mass is 275 g/mol. The van der Waals surface area contributed by atoms with E-state index >= 15 is 0 Å². The number of nitrogens with zero attached hydrogens (tertiary/aromatic N) is 1. The van der Waals surface area contributed by atoms with Gasteiger partial charge in [0.2, 0.25) is 0 Å². The quantitative estimate of drug-likeness (QED) is 0.610. The van der Waals surface area contributed by atoms with Crippen LogP contribution in [0.1, 0.15) is 37.6 Å². The Balaban J connectivity index is 1.75. The van der Waals surface area contributed by atoms with Crippen molar-refractivity contribution >= 4 is 5.97 Å². The van der Waals surface area contributed by atoms with Gasteiger partial charge in [-0.25, -0.2) is 0 Å². The molecular weight excluding hydrogens is 254 g/mol. The molecule has 4 nitrogen and oxygen atoms in total. The van der Waals surface area contributed by atoms with Crippen LogP contribution in [-0.2, 0) is 16.0 Å². The second-order valence-corrected chi connectivity index (χ2v) is 5.45. The maximum absolute atomic E-state index is 11.7. The minimum atomic E-state index is -0.274. The number of carbonyl (C=O) groups is 1. The molecule has 0 radical (unpaired) electrons. The Morgan fingerprint density at radius 1 is 1.60 bits per heavy atom. The molecule has 4 heteroatoms. The van der Waals surface area contributed by atoms with Crippen molar-refractivity contribution in [2.75, 3.05) is 6.61 Å². The van der Waals surface area contributed by atoms with E-state index in [1.807, 2.05) is 6.92 Å². The molecule has 0 saturated heterocycles. The molecule has 0 aromatic carbocycles. The van der Waals surface area contributed by atoms with Gasteiger partial charge in [-0.1, -0.05) is 23.4 Å². The number of allylic oxidation sites excluding steroid dienone is 2. The van der Waals surface area contributed by atoms with E-state index in [0.29, 0.717) is 18.3 Å². The van der Waals surface area contributed by atoms with E-state index < -0.39 is 0 Å². The predicted octanol–water partition coefficient (Wildman–Crippen LogP) is 3.37. The lowest BCUT2D eigenvalue weighted by Crippen LogP contribution is -2.13. The van der Waals surface area contributed by atoms with Gasteiger partial charge < -0.3 is 9.26 Å². The average Bonchev–Trinajstić information content (AvgIpc) is 2.82. The van der Waals surface area contributed by atoms with E-state index in [1.165, 1.54) is 11.1 Å². The lowest BCUT2D eigenvalue weighted by atomic mass is 9.86. The number of aromatic nitrogens is 1. The van der Waals surface area contributed by atoms with Crippen LogP contribution in [0.15, 0.2) is 34.4 Å². The summed E-state index contributed by atoms with van der Waals surface area (Å²) in [4.78, 5) is 11.7. The number of ether oxygens (including phenoxy) is 1. The molecule has 1 aromatic heterocycles. The number of hydrogen-bond acceptors (Lipinski definition) is 4. The zero-order chi connectivity index (χ0) is 14.5. The van der Waals surface area contributed by atoms with Crippen molar-refractivity contribution in [3.63, 3.8) is 0 Å². The Bertz CT molecular complexity index is 528. The molecule has 20 heavy (non-hydrogen) atoms. The van der Waals surface area contributed by atoms with E-state index in [-0.39, 0.29) is 12.4 Å².